The van der Waals surface area contributed by atoms with Gasteiger partial charge in [0.15, 0.2) is 0 Å². The predicted molar refractivity (Wildman–Crippen MR) is 75.2 cm³/mol. The molecule has 0 bridgehead atoms. The number of aromatic nitrogens is 3. The molecule has 6 heteroatoms. The van der Waals surface area contributed by atoms with E-state index in [2.05, 4.69) is 45.2 Å². The maximum atomic E-state index is 13.3. The Hall–Kier alpha value is -1.27. The molecule has 0 saturated heterocycles. The summed E-state index contributed by atoms with van der Waals surface area (Å²) in [5.41, 5.74) is 0.850. The fourth-order valence-electron chi connectivity index (χ4n) is 1.73. The highest BCUT2D eigenvalue weighted by molar-refractivity contribution is 9.10. The van der Waals surface area contributed by atoms with Crippen LogP contribution in [0.4, 0.5) is 4.39 Å². The lowest BCUT2D eigenvalue weighted by Gasteiger charge is -2.10. The predicted octanol–water partition coefficient (Wildman–Crippen LogP) is 2.73. The second kappa shape index (κ2) is 6.25. The number of hydrogen-bond donors (Lipinski definition) is 1. The molecule has 0 atom stereocenters. The van der Waals surface area contributed by atoms with Gasteiger partial charge in [-0.15, -0.1) is 0 Å². The molecular weight excluding hydrogens is 311 g/mol. The van der Waals surface area contributed by atoms with Gasteiger partial charge in [0.2, 0.25) is 0 Å². The maximum Gasteiger partial charge on any atom is 0.141 e. The summed E-state index contributed by atoms with van der Waals surface area (Å²) in [7, 11) is 0. The molecule has 0 amide bonds. The first-order valence-corrected chi connectivity index (χ1v) is 6.89. The molecule has 1 N–H and O–H groups in total. The first-order valence-electron chi connectivity index (χ1n) is 6.09. The quantitative estimate of drug-likeness (QED) is 0.918. The van der Waals surface area contributed by atoms with Crippen molar-refractivity contribution in [3.8, 4) is 0 Å². The van der Waals surface area contributed by atoms with Crippen LogP contribution in [-0.2, 0) is 13.1 Å². The third kappa shape index (κ3) is 4.11. The van der Waals surface area contributed by atoms with E-state index in [-0.39, 0.29) is 5.82 Å². The molecule has 0 unspecified atom stereocenters. The first-order chi connectivity index (χ1) is 9.04. The molecule has 1 aromatic heterocycles. The van der Waals surface area contributed by atoms with Crippen LogP contribution in [0, 0.1) is 5.82 Å². The molecule has 2 aromatic rings. The molecule has 0 aliphatic carbocycles. The van der Waals surface area contributed by atoms with Crippen molar-refractivity contribution in [2.75, 3.05) is 0 Å². The Bertz CT molecular complexity index is 533. The second-order valence-electron chi connectivity index (χ2n) is 4.65. The first kappa shape index (κ1) is 14.1. The summed E-state index contributed by atoms with van der Waals surface area (Å²) in [6.07, 6.45) is 1.52. The Morgan fingerprint density at radius 1 is 1.37 bits per heavy atom. The average Bonchev–Trinajstić information content (AvgIpc) is 2.72. The van der Waals surface area contributed by atoms with E-state index in [0.29, 0.717) is 19.1 Å². The zero-order valence-electron chi connectivity index (χ0n) is 10.9. The van der Waals surface area contributed by atoms with Gasteiger partial charge >= 0.3 is 0 Å². The van der Waals surface area contributed by atoms with Gasteiger partial charge in [-0.1, -0.05) is 29.8 Å². The minimum Gasteiger partial charge on any atom is -0.308 e. The lowest BCUT2D eigenvalue weighted by atomic mass is 10.2. The van der Waals surface area contributed by atoms with Gasteiger partial charge in [0.1, 0.15) is 18.0 Å². The van der Waals surface area contributed by atoms with Crippen molar-refractivity contribution < 1.29 is 4.39 Å². The molecular formula is C13H16BrFN4. The van der Waals surface area contributed by atoms with Crippen molar-refractivity contribution in [3.63, 3.8) is 0 Å². The van der Waals surface area contributed by atoms with Crippen molar-refractivity contribution in [1.29, 1.82) is 0 Å². The summed E-state index contributed by atoms with van der Waals surface area (Å²) in [4.78, 5) is 4.21. The number of rotatable bonds is 5. The second-order valence-corrected chi connectivity index (χ2v) is 5.56. The van der Waals surface area contributed by atoms with Crippen LogP contribution in [0.25, 0.3) is 0 Å². The highest BCUT2D eigenvalue weighted by atomic mass is 79.9. The molecule has 0 saturated carbocycles. The van der Waals surface area contributed by atoms with E-state index in [1.807, 2.05) is 6.07 Å². The third-order valence-electron chi connectivity index (χ3n) is 2.62. The zero-order chi connectivity index (χ0) is 13.8. The fraction of sp³-hybridized carbons (Fsp3) is 0.385. The van der Waals surface area contributed by atoms with Crippen LogP contribution in [0.1, 0.15) is 25.2 Å². The van der Waals surface area contributed by atoms with E-state index in [4.69, 9.17) is 0 Å². The number of hydrogen-bond acceptors (Lipinski definition) is 3. The summed E-state index contributed by atoms with van der Waals surface area (Å²) in [5, 5.41) is 7.47. The van der Waals surface area contributed by atoms with E-state index in [1.165, 1.54) is 18.5 Å². The fourth-order valence-corrected chi connectivity index (χ4v) is 2.24. The molecule has 1 heterocycles. The number of halogens is 2. The van der Waals surface area contributed by atoms with Crippen molar-refractivity contribution >= 4 is 15.9 Å². The molecule has 102 valence electrons. The molecule has 0 fully saturated rings. The van der Waals surface area contributed by atoms with Crippen LogP contribution in [-0.4, -0.2) is 20.8 Å². The van der Waals surface area contributed by atoms with Crippen LogP contribution in [0.15, 0.2) is 29.0 Å². The van der Waals surface area contributed by atoms with Crippen LogP contribution in [0.3, 0.4) is 0 Å². The SMILES string of the molecule is CC(C)NCc1ncnn1Cc1cc(F)cc(Br)c1. The van der Waals surface area contributed by atoms with Gasteiger partial charge < -0.3 is 5.32 Å². The van der Waals surface area contributed by atoms with E-state index in [9.17, 15) is 4.39 Å². The van der Waals surface area contributed by atoms with Crippen LogP contribution < -0.4 is 5.32 Å². The number of nitrogens with zero attached hydrogens (tertiary/aromatic N) is 3. The molecule has 0 radical (unpaired) electrons. The van der Waals surface area contributed by atoms with Crippen LogP contribution in [0.5, 0.6) is 0 Å². The van der Waals surface area contributed by atoms with Gasteiger partial charge in [-0.25, -0.2) is 14.1 Å². The summed E-state index contributed by atoms with van der Waals surface area (Å²) in [5.74, 6) is 0.584. The van der Waals surface area contributed by atoms with Gasteiger partial charge in [-0.05, 0) is 23.8 Å². The minimum absolute atomic E-state index is 0.258. The smallest absolute Gasteiger partial charge is 0.141 e. The van der Waals surface area contributed by atoms with Gasteiger partial charge in [-0.2, -0.15) is 5.10 Å². The summed E-state index contributed by atoms with van der Waals surface area (Å²) in [6.45, 7) is 5.30. The van der Waals surface area contributed by atoms with Gasteiger partial charge in [0.25, 0.3) is 0 Å². The molecule has 0 aliphatic rings. The van der Waals surface area contributed by atoms with Gasteiger partial charge in [-0.3, -0.25) is 0 Å². The molecule has 19 heavy (non-hydrogen) atoms. The van der Waals surface area contributed by atoms with E-state index in [0.717, 1.165) is 15.9 Å². The Morgan fingerprint density at radius 3 is 2.84 bits per heavy atom. The van der Waals surface area contributed by atoms with Crippen molar-refractivity contribution in [2.24, 2.45) is 0 Å². The standard InChI is InChI=1S/C13H16BrFN4/c1-9(2)16-6-13-17-8-18-19(13)7-10-3-11(14)5-12(15)4-10/h3-5,8-9,16H,6-7H2,1-2H3. The van der Waals surface area contributed by atoms with Crippen LogP contribution >= 0.6 is 15.9 Å². The Kier molecular flexibility index (Phi) is 4.66. The zero-order valence-corrected chi connectivity index (χ0v) is 12.5. The Labute approximate surface area is 120 Å². The van der Waals surface area contributed by atoms with E-state index < -0.39 is 0 Å². The topological polar surface area (TPSA) is 42.7 Å². The normalized spacial score (nSPS) is 11.2. The van der Waals surface area contributed by atoms with Gasteiger partial charge in [0, 0.05) is 10.5 Å². The lowest BCUT2D eigenvalue weighted by molar-refractivity contribution is 0.537. The van der Waals surface area contributed by atoms with Gasteiger partial charge in [0.05, 0.1) is 13.1 Å². The van der Waals surface area contributed by atoms with Crippen LogP contribution in [0.2, 0.25) is 0 Å². The lowest BCUT2D eigenvalue weighted by Crippen LogP contribution is -2.24. The highest BCUT2D eigenvalue weighted by Crippen LogP contribution is 2.16. The van der Waals surface area contributed by atoms with E-state index in [1.54, 1.807) is 4.68 Å². The third-order valence-corrected chi connectivity index (χ3v) is 3.08. The summed E-state index contributed by atoms with van der Waals surface area (Å²) < 4.78 is 15.8. The maximum absolute atomic E-state index is 13.3. The summed E-state index contributed by atoms with van der Waals surface area (Å²) in [6, 6.07) is 5.20. The minimum atomic E-state index is -0.258. The Morgan fingerprint density at radius 2 is 2.16 bits per heavy atom. The molecule has 2 rings (SSSR count). The number of nitrogens with one attached hydrogen (secondary N) is 1. The highest BCUT2D eigenvalue weighted by Gasteiger charge is 2.07. The average molecular weight is 327 g/mol. The van der Waals surface area contributed by atoms with Crippen molar-refractivity contribution in [1.82, 2.24) is 20.1 Å². The molecule has 1 aromatic carbocycles. The van der Waals surface area contributed by atoms with Crippen molar-refractivity contribution in [2.45, 2.75) is 33.0 Å². The number of benzene rings is 1. The Balaban J connectivity index is 2.12. The largest absolute Gasteiger partial charge is 0.308 e. The summed E-state index contributed by atoms with van der Waals surface area (Å²) >= 11 is 3.29. The molecule has 4 nitrogen and oxygen atoms in total. The van der Waals surface area contributed by atoms with E-state index >= 15 is 0 Å². The monoisotopic (exact) mass is 326 g/mol. The molecule has 0 spiro atoms. The molecule has 0 aliphatic heterocycles. The van der Waals surface area contributed by atoms with Crippen molar-refractivity contribution in [3.05, 3.63) is 46.2 Å².